The van der Waals surface area contributed by atoms with Gasteiger partial charge in [-0.25, -0.2) is 0 Å². The van der Waals surface area contributed by atoms with Crippen LogP contribution in [0.25, 0.3) is 0 Å². The third-order valence-electron chi connectivity index (χ3n) is 4.99. The highest BCUT2D eigenvalue weighted by Gasteiger charge is 2.30. The van der Waals surface area contributed by atoms with Gasteiger partial charge in [0, 0.05) is 12.1 Å². The van der Waals surface area contributed by atoms with Crippen molar-refractivity contribution in [3.05, 3.63) is 29.8 Å². The van der Waals surface area contributed by atoms with Crippen molar-refractivity contribution in [1.82, 2.24) is 5.32 Å². The summed E-state index contributed by atoms with van der Waals surface area (Å²) in [6.45, 7) is 7.10. The van der Waals surface area contributed by atoms with E-state index in [2.05, 4.69) is 38.2 Å². The molecule has 0 heterocycles. The Kier molecular flexibility index (Phi) is 5.47. The van der Waals surface area contributed by atoms with Gasteiger partial charge in [-0.05, 0) is 62.1 Å². The summed E-state index contributed by atoms with van der Waals surface area (Å²) in [4.78, 5) is 0. The fourth-order valence-electron chi connectivity index (χ4n) is 3.22. The van der Waals surface area contributed by atoms with Crippen LogP contribution in [0.5, 0.6) is 5.75 Å². The SMILES string of the molecule is COc1ccc(CCC(C)NC2CCC(C)C2C)cc1. The zero-order valence-electron chi connectivity index (χ0n) is 13.4. The molecule has 1 saturated carbocycles. The van der Waals surface area contributed by atoms with Gasteiger partial charge in [0.15, 0.2) is 0 Å². The molecule has 0 aliphatic heterocycles. The number of nitrogens with one attached hydrogen (secondary N) is 1. The lowest BCUT2D eigenvalue weighted by molar-refractivity contribution is 0.337. The van der Waals surface area contributed by atoms with Crippen LogP contribution in [0, 0.1) is 11.8 Å². The van der Waals surface area contributed by atoms with Crippen LogP contribution in [0.15, 0.2) is 24.3 Å². The largest absolute Gasteiger partial charge is 0.497 e. The molecule has 2 rings (SSSR count). The zero-order chi connectivity index (χ0) is 14.5. The minimum Gasteiger partial charge on any atom is -0.497 e. The van der Waals surface area contributed by atoms with Crippen LogP contribution in [0.3, 0.4) is 0 Å². The molecule has 1 N–H and O–H groups in total. The summed E-state index contributed by atoms with van der Waals surface area (Å²) in [5.74, 6) is 2.63. The number of ether oxygens (including phenoxy) is 1. The van der Waals surface area contributed by atoms with Crippen LogP contribution in [0.4, 0.5) is 0 Å². The van der Waals surface area contributed by atoms with Crippen molar-refractivity contribution in [3.63, 3.8) is 0 Å². The summed E-state index contributed by atoms with van der Waals surface area (Å²) in [5, 5.41) is 3.83. The van der Waals surface area contributed by atoms with Crippen LogP contribution < -0.4 is 10.1 Å². The van der Waals surface area contributed by atoms with Gasteiger partial charge >= 0.3 is 0 Å². The van der Waals surface area contributed by atoms with Gasteiger partial charge in [0.2, 0.25) is 0 Å². The maximum absolute atomic E-state index is 5.19. The van der Waals surface area contributed by atoms with Crippen LogP contribution in [0.2, 0.25) is 0 Å². The van der Waals surface area contributed by atoms with Gasteiger partial charge in [-0.1, -0.05) is 26.0 Å². The summed E-state index contributed by atoms with van der Waals surface area (Å²) in [7, 11) is 1.71. The molecule has 0 bridgehead atoms. The number of hydrogen-bond acceptors (Lipinski definition) is 2. The Balaban J connectivity index is 1.75. The number of aryl methyl sites for hydroxylation is 1. The standard InChI is InChI=1S/C18H29NO/c1-13-5-12-18(15(13)3)19-14(2)6-7-16-8-10-17(20-4)11-9-16/h8-11,13-15,18-19H,5-7,12H2,1-4H3. The topological polar surface area (TPSA) is 21.3 Å². The molecule has 0 aromatic heterocycles. The Hall–Kier alpha value is -1.02. The average Bonchev–Trinajstić information content (AvgIpc) is 2.78. The van der Waals surface area contributed by atoms with Crippen molar-refractivity contribution in [2.75, 3.05) is 7.11 Å². The Labute approximate surface area is 123 Å². The van der Waals surface area contributed by atoms with Crippen LogP contribution in [-0.2, 0) is 6.42 Å². The summed E-state index contributed by atoms with van der Waals surface area (Å²) in [5.41, 5.74) is 1.40. The third-order valence-corrected chi connectivity index (χ3v) is 4.99. The van der Waals surface area contributed by atoms with Crippen molar-refractivity contribution >= 4 is 0 Å². The second-order valence-corrected chi connectivity index (χ2v) is 6.47. The smallest absolute Gasteiger partial charge is 0.118 e. The quantitative estimate of drug-likeness (QED) is 0.846. The maximum Gasteiger partial charge on any atom is 0.118 e. The van der Waals surface area contributed by atoms with Gasteiger partial charge in [-0.15, -0.1) is 0 Å². The molecule has 1 fully saturated rings. The van der Waals surface area contributed by atoms with E-state index >= 15 is 0 Å². The number of methoxy groups -OCH3 is 1. The molecule has 1 aliphatic rings. The van der Waals surface area contributed by atoms with E-state index in [1.54, 1.807) is 7.11 Å². The molecular formula is C18H29NO. The van der Waals surface area contributed by atoms with Gasteiger partial charge in [0.25, 0.3) is 0 Å². The summed E-state index contributed by atoms with van der Waals surface area (Å²) in [6.07, 6.45) is 5.05. The molecule has 2 heteroatoms. The minimum atomic E-state index is 0.592. The van der Waals surface area contributed by atoms with Crippen molar-refractivity contribution < 1.29 is 4.74 Å². The molecule has 2 nitrogen and oxygen atoms in total. The van der Waals surface area contributed by atoms with Gasteiger partial charge in [-0.3, -0.25) is 0 Å². The summed E-state index contributed by atoms with van der Waals surface area (Å²) in [6, 6.07) is 9.76. The zero-order valence-corrected chi connectivity index (χ0v) is 13.4. The molecule has 4 unspecified atom stereocenters. The molecule has 0 radical (unpaired) electrons. The Morgan fingerprint density at radius 2 is 1.90 bits per heavy atom. The molecule has 1 aromatic carbocycles. The lowest BCUT2D eigenvalue weighted by Crippen LogP contribution is -2.39. The van der Waals surface area contributed by atoms with Gasteiger partial charge < -0.3 is 10.1 Å². The van der Waals surface area contributed by atoms with Crippen molar-refractivity contribution in [2.45, 2.75) is 58.5 Å². The second kappa shape index (κ2) is 7.12. The van der Waals surface area contributed by atoms with E-state index in [1.165, 1.54) is 24.8 Å². The Morgan fingerprint density at radius 1 is 1.20 bits per heavy atom. The molecule has 20 heavy (non-hydrogen) atoms. The first-order valence-corrected chi connectivity index (χ1v) is 7.99. The first-order valence-electron chi connectivity index (χ1n) is 7.99. The highest BCUT2D eigenvalue weighted by Crippen LogP contribution is 2.31. The van der Waals surface area contributed by atoms with E-state index in [0.717, 1.165) is 30.0 Å². The Bertz CT molecular complexity index is 400. The molecule has 1 aliphatic carbocycles. The number of rotatable bonds is 6. The van der Waals surface area contributed by atoms with Crippen LogP contribution >= 0.6 is 0 Å². The number of hydrogen-bond donors (Lipinski definition) is 1. The molecular weight excluding hydrogens is 246 g/mol. The fourth-order valence-corrected chi connectivity index (χ4v) is 3.22. The van der Waals surface area contributed by atoms with Crippen molar-refractivity contribution in [1.29, 1.82) is 0 Å². The molecule has 0 saturated heterocycles. The van der Waals surface area contributed by atoms with E-state index in [9.17, 15) is 0 Å². The lowest BCUT2D eigenvalue weighted by atomic mass is 9.97. The van der Waals surface area contributed by atoms with E-state index in [4.69, 9.17) is 4.74 Å². The highest BCUT2D eigenvalue weighted by molar-refractivity contribution is 5.27. The van der Waals surface area contributed by atoms with Crippen molar-refractivity contribution in [2.24, 2.45) is 11.8 Å². The number of benzene rings is 1. The van der Waals surface area contributed by atoms with Crippen LogP contribution in [0.1, 0.15) is 45.6 Å². The fraction of sp³-hybridized carbons (Fsp3) is 0.667. The van der Waals surface area contributed by atoms with E-state index in [0.29, 0.717) is 6.04 Å². The molecule has 0 amide bonds. The van der Waals surface area contributed by atoms with Gasteiger partial charge in [0.1, 0.15) is 5.75 Å². The third kappa shape index (κ3) is 3.99. The first kappa shape index (κ1) is 15.4. The predicted molar refractivity (Wildman–Crippen MR) is 85.3 cm³/mol. The van der Waals surface area contributed by atoms with E-state index in [-0.39, 0.29) is 0 Å². The van der Waals surface area contributed by atoms with E-state index in [1.807, 2.05) is 12.1 Å². The highest BCUT2D eigenvalue weighted by atomic mass is 16.5. The monoisotopic (exact) mass is 275 g/mol. The normalized spacial score (nSPS) is 27.5. The van der Waals surface area contributed by atoms with Gasteiger partial charge in [-0.2, -0.15) is 0 Å². The van der Waals surface area contributed by atoms with Gasteiger partial charge in [0.05, 0.1) is 7.11 Å². The Morgan fingerprint density at radius 3 is 2.45 bits per heavy atom. The first-order chi connectivity index (χ1) is 9.60. The lowest BCUT2D eigenvalue weighted by Gasteiger charge is -2.24. The minimum absolute atomic E-state index is 0.592. The molecule has 112 valence electrons. The van der Waals surface area contributed by atoms with E-state index < -0.39 is 0 Å². The summed E-state index contributed by atoms with van der Waals surface area (Å²) < 4.78 is 5.19. The molecule has 0 spiro atoms. The molecule has 1 aromatic rings. The second-order valence-electron chi connectivity index (χ2n) is 6.47. The average molecular weight is 275 g/mol. The molecule has 4 atom stereocenters. The summed E-state index contributed by atoms with van der Waals surface area (Å²) >= 11 is 0. The van der Waals surface area contributed by atoms with Crippen LogP contribution in [-0.4, -0.2) is 19.2 Å². The predicted octanol–water partition coefficient (Wildman–Crippen LogP) is 4.04. The van der Waals surface area contributed by atoms with Crippen molar-refractivity contribution in [3.8, 4) is 5.75 Å². The maximum atomic E-state index is 5.19.